The second kappa shape index (κ2) is 1.98. The van der Waals surface area contributed by atoms with Gasteiger partial charge < -0.3 is 5.32 Å². The van der Waals surface area contributed by atoms with Crippen molar-refractivity contribution in [3.8, 4) is 0 Å². The maximum atomic E-state index is 3.48. The Labute approximate surface area is 56.8 Å². The van der Waals surface area contributed by atoms with Crippen LogP contribution < -0.4 is 5.32 Å². The maximum Gasteiger partial charge on any atom is -0.00177 e. The highest BCUT2D eigenvalue weighted by atomic mass is 14.9. The molecule has 1 nitrogen and oxygen atoms in total. The Balaban J connectivity index is 2.10. The fourth-order valence-corrected chi connectivity index (χ4v) is 2.37. The quantitative estimate of drug-likeness (QED) is 0.514. The summed E-state index contributed by atoms with van der Waals surface area (Å²) < 4.78 is 0. The second-order valence-corrected chi connectivity index (χ2v) is 3.61. The van der Waals surface area contributed by atoms with Crippen LogP contribution in [0, 0.1) is 17.8 Å². The van der Waals surface area contributed by atoms with Gasteiger partial charge in [0.1, 0.15) is 0 Å². The first-order valence-electron chi connectivity index (χ1n) is 4.08. The molecule has 1 heteroatoms. The molecule has 3 atom stereocenters. The average Bonchev–Trinajstić information content (AvgIpc) is 2.19. The van der Waals surface area contributed by atoms with Gasteiger partial charge in [-0.3, -0.25) is 0 Å². The molecular weight excluding hydrogens is 110 g/mol. The second-order valence-electron chi connectivity index (χ2n) is 3.61. The molecule has 0 amide bonds. The summed E-state index contributed by atoms with van der Waals surface area (Å²) in [4.78, 5) is 0. The molecule has 2 unspecified atom stereocenters. The molecule has 52 valence electrons. The highest BCUT2D eigenvalue weighted by molar-refractivity contribution is 4.88. The topological polar surface area (TPSA) is 12.0 Å². The molecule has 1 saturated heterocycles. The molecule has 0 aromatic carbocycles. The third-order valence-corrected chi connectivity index (χ3v) is 3.21. The molecule has 1 aliphatic carbocycles. The summed E-state index contributed by atoms with van der Waals surface area (Å²) in [5, 5.41) is 3.48. The van der Waals surface area contributed by atoms with E-state index in [2.05, 4.69) is 12.2 Å². The van der Waals surface area contributed by atoms with Crippen LogP contribution in [0.2, 0.25) is 0 Å². The van der Waals surface area contributed by atoms with E-state index in [1.54, 1.807) is 0 Å². The fourth-order valence-electron chi connectivity index (χ4n) is 2.37. The van der Waals surface area contributed by atoms with E-state index in [0.717, 1.165) is 17.8 Å². The first-order valence-corrected chi connectivity index (χ1v) is 4.08. The molecule has 2 rings (SSSR count). The van der Waals surface area contributed by atoms with Crippen LogP contribution in [-0.2, 0) is 0 Å². The summed E-state index contributed by atoms with van der Waals surface area (Å²) in [6.07, 6.45) is 2.97. The van der Waals surface area contributed by atoms with E-state index >= 15 is 0 Å². The van der Waals surface area contributed by atoms with E-state index in [1.165, 1.54) is 25.9 Å². The van der Waals surface area contributed by atoms with E-state index in [1.807, 2.05) is 0 Å². The van der Waals surface area contributed by atoms with Crippen LogP contribution in [-0.4, -0.2) is 13.1 Å². The Morgan fingerprint density at radius 1 is 1.11 bits per heavy atom. The van der Waals surface area contributed by atoms with Gasteiger partial charge in [-0.15, -0.1) is 0 Å². The van der Waals surface area contributed by atoms with Crippen LogP contribution in [0.15, 0.2) is 0 Å². The van der Waals surface area contributed by atoms with Crippen LogP contribution in [0.4, 0.5) is 0 Å². The molecule has 1 saturated carbocycles. The summed E-state index contributed by atoms with van der Waals surface area (Å²) in [5.74, 6) is 3.05. The summed E-state index contributed by atoms with van der Waals surface area (Å²) in [7, 11) is 0. The first kappa shape index (κ1) is 5.72. The van der Waals surface area contributed by atoms with Crippen molar-refractivity contribution < 1.29 is 0 Å². The van der Waals surface area contributed by atoms with Gasteiger partial charge in [-0.25, -0.2) is 0 Å². The lowest BCUT2D eigenvalue weighted by Gasteiger charge is -2.27. The third kappa shape index (κ3) is 0.787. The summed E-state index contributed by atoms with van der Waals surface area (Å²) in [6, 6.07) is 0. The third-order valence-electron chi connectivity index (χ3n) is 3.21. The van der Waals surface area contributed by atoms with Gasteiger partial charge in [0, 0.05) is 0 Å². The Kier molecular flexibility index (Phi) is 1.26. The van der Waals surface area contributed by atoms with E-state index < -0.39 is 0 Å². The van der Waals surface area contributed by atoms with Gasteiger partial charge in [-0.1, -0.05) is 6.92 Å². The van der Waals surface area contributed by atoms with Crippen molar-refractivity contribution in [2.45, 2.75) is 19.8 Å². The zero-order valence-corrected chi connectivity index (χ0v) is 6.06. The van der Waals surface area contributed by atoms with Crippen molar-refractivity contribution in [1.29, 1.82) is 0 Å². The van der Waals surface area contributed by atoms with Crippen molar-refractivity contribution in [3.05, 3.63) is 0 Å². The molecule has 1 heterocycles. The average molecular weight is 125 g/mol. The fraction of sp³-hybridized carbons (Fsp3) is 1.00. The number of hydrogen-bond donors (Lipinski definition) is 1. The lowest BCUT2D eigenvalue weighted by Crippen LogP contribution is -2.36. The van der Waals surface area contributed by atoms with Crippen molar-refractivity contribution in [1.82, 2.24) is 5.32 Å². The maximum absolute atomic E-state index is 3.48. The van der Waals surface area contributed by atoms with E-state index in [0.29, 0.717) is 0 Å². The minimum Gasteiger partial charge on any atom is -0.316 e. The standard InChI is InChI=1S/C8H15N/c1-6-7-2-3-8(6)5-9-4-7/h6-9H,2-5H2,1H3/t6?,7-,8?/m0/s1. The van der Waals surface area contributed by atoms with Crippen LogP contribution in [0.5, 0.6) is 0 Å². The number of hydrogen-bond acceptors (Lipinski definition) is 1. The van der Waals surface area contributed by atoms with Gasteiger partial charge in [-0.2, -0.15) is 0 Å². The molecule has 0 aromatic heterocycles. The molecule has 0 spiro atoms. The number of nitrogens with one attached hydrogen (secondary N) is 1. The molecular formula is C8H15N. The van der Waals surface area contributed by atoms with Crippen LogP contribution >= 0.6 is 0 Å². The Morgan fingerprint density at radius 2 is 1.67 bits per heavy atom. The minimum absolute atomic E-state index is 1.02. The highest BCUT2D eigenvalue weighted by Crippen LogP contribution is 2.38. The van der Waals surface area contributed by atoms with Gasteiger partial charge >= 0.3 is 0 Å². The molecule has 0 aromatic rings. The van der Waals surface area contributed by atoms with E-state index in [4.69, 9.17) is 0 Å². The number of rotatable bonds is 0. The Morgan fingerprint density at radius 3 is 2.11 bits per heavy atom. The van der Waals surface area contributed by atoms with Gasteiger partial charge in [0.25, 0.3) is 0 Å². The molecule has 1 N–H and O–H groups in total. The molecule has 2 bridgehead atoms. The predicted octanol–water partition coefficient (Wildman–Crippen LogP) is 1.25. The van der Waals surface area contributed by atoms with Crippen molar-refractivity contribution in [2.24, 2.45) is 17.8 Å². The normalized spacial score (nSPS) is 49.7. The predicted molar refractivity (Wildman–Crippen MR) is 38.2 cm³/mol. The summed E-state index contributed by atoms with van der Waals surface area (Å²) in [6.45, 7) is 5.00. The van der Waals surface area contributed by atoms with Crippen LogP contribution in [0.3, 0.4) is 0 Å². The van der Waals surface area contributed by atoms with Gasteiger partial charge in [0.15, 0.2) is 0 Å². The first-order chi connectivity index (χ1) is 4.38. The van der Waals surface area contributed by atoms with Crippen molar-refractivity contribution in [3.63, 3.8) is 0 Å². The van der Waals surface area contributed by atoms with Crippen molar-refractivity contribution >= 4 is 0 Å². The summed E-state index contributed by atoms with van der Waals surface area (Å²) in [5.41, 5.74) is 0. The number of fused-ring (bicyclic) bond motifs is 2. The largest absolute Gasteiger partial charge is 0.316 e. The molecule has 9 heavy (non-hydrogen) atoms. The number of piperidine rings is 1. The zero-order valence-electron chi connectivity index (χ0n) is 6.06. The van der Waals surface area contributed by atoms with Gasteiger partial charge in [0.05, 0.1) is 0 Å². The Bertz CT molecular complexity index is 95.1. The van der Waals surface area contributed by atoms with Gasteiger partial charge in [0.2, 0.25) is 0 Å². The lowest BCUT2D eigenvalue weighted by atomic mass is 9.88. The molecule has 2 fully saturated rings. The molecule has 2 aliphatic rings. The highest BCUT2D eigenvalue weighted by Gasteiger charge is 2.35. The van der Waals surface area contributed by atoms with E-state index in [9.17, 15) is 0 Å². The van der Waals surface area contributed by atoms with Crippen LogP contribution in [0.1, 0.15) is 19.8 Å². The van der Waals surface area contributed by atoms with Crippen LogP contribution in [0.25, 0.3) is 0 Å². The molecule has 1 aliphatic heterocycles. The monoisotopic (exact) mass is 125 g/mol. The van der Waals surface area contributed by atoms with E-state index in [-0.39, 0.29) is 0 Å². The van der Waals surface area contributed by atoms with Gasteiger partial charge in [-0.05, 0) is 43.7 Å². The summed E-state index contributed by atoms with van der Waals surface area (Å²) >= 11 is 0. The van der Waals surface area contributed by atoms with Crippen molar-refractivity contribution in [2.75, 3.05) is 13.1 Å². The lowest BCUT2D eigenvalue weighted by molar-refractivity contribution is 0.267. The SMILES string of the molecule is CC1C2CC[C@H]1CNC2. The minimum atomic E-state index is 1.02. The molecule has 0 radical (unpaired) electrons. The smallest absolute Gasteiger partial charge is 0.00177 e. The Hall–Kier alpha value is -0.0400. The zero-order chi connectivity index (χ0) is 6.27.